The first-order chi connectivity index (χ1) is 8.52. The lowest BCUT2D eigenvalue weighted by Crippen LogP contribution is -2.41. The highest BCUT2D eigenvalue weighted by molar-refractivity contribution is 8.00. The molecule has 0 fully saturated rings. The van der Waals surface area contributed by atoms with Gasteiger partial charge in [0.1, 0.15) is 6.04 Å². The normalized spacial score (nSPS) is 11.9. The predicted molar refractivity (Wildman–Crippen MR) is 72.0 cm³/mol. The molecule has 0 spiro atoms. The van der Waals surface area contributed by atoms with Gasteiger partial charge < -0.3 is 10.4 Å². The first kappa shape index (κ1) is 14.9. The molecular formula is C12H14ClNO3S. The van der Waals surface area contributed by atoms with Gasteiger partial charge in [0.2, 0.25) is 5.91 Å². The molecule has 0 heterocycles. The van der Waals surface area contributed by atoms with Gasteiger partial charge in [0, 0.05) is 9.92 Å². The maximum atomic E-state index is 11.5. The summed E-state index contributed by atoms with van der Waals surface area (Å²) >= 11 is 7.08. The highest BCUT2D eigenvalue weighted by atomic mass is 35.5. The fraction of sp³-hybridized carbons (Fsp3) is 0.333. The van der Waals surface area contributed by atoms with Crippen LogP contribution in [-0.2, 0) is 9.59 Å². The minimum absolute atomic E-state index is 0.186. The van der Waals surface area contributed by atoms with Crippen LogP contribution in [0.1, 0.15) is 13.3 Å². The van der Waals surface area contributed by atoms with Crippen LogP contribution in [0.3, 0.4) is 0 Å². The molecule has 0 bridgehead atoms. The Morgan fingerprint density at radius 3 is 2.50 bits per heavy atom. The Morgan fingerprint density at radius 2 is 2.00 bits per heavy atom. The van der Waals surface area contributed by atoms with E-state index in [4.69, 9.17) is 16.7 Å². The van der Waals surface area contributed by atoms with E-state index in [0.29, 0.717) is 11.4 Å². The first-order valence-electron chi connectivity index (χ1n) is 5.43. The molecule has 0 aliphatic heterocycles. The Bertz CT molecular complexity index is 422. The number of carbonyl (C=O) groups is 2. The molecule has 1 amide bonds. The molecule has 2 N–H and O–H groups in total. The summed E-state index contributed by atoms with van der Waals surface area (Å²) in [6.45, 7) is 1.71. The van der Waals surface area contributed by atoms with Gasteiger partial charge in [-0.25, -0.2) is 4.79 Å². The summed E-state index contributed by atoms with van der Waals surface area (Å²) in [6, 6.07) is 6.30. The van der Waals surface area contributed by atoms with Crippen LogP contribution in [0.25, 0.3) is 0 Å². The van der Waals surface area contributed by atoms with Crippen molar-refractivity contribution in [3.8, 4) is 0 Å². The van der Waals surface area contributed by atoms with Crippen LogP contribution in [0.5, 0.6) is 0 Å². The van der Waals surface area contributed by atoms with E-state index in [-0.39, 0.29) is 11.7 Å². The van der Waals surface area contributed by atoms with Gasteiger partial charge in [0.15, 0.2) is 0 Å². The molecule has 1 rings (SSSR count). The van der Waals surface area contributed by atoms with Gasteiger partial charge in [-0.2, -0.15) is 0 Å². The molecular weight excluding hydrogens is 274 g/mol. The van der Waals surface area contributed by atoms with Crippen molar-refractivity contribution in [1.29, 1.82) is 0 Å². The molecule has 0 unspecified atom stereocenters. The number of halogens is 1. The lowest BCUT2D eigenvalue weighted by Gasteiger charge is -2.11. The van der Waals surface area contributed by atoms with E-state index in [1.807, 2.05) is 12.1 Å². The second kappa shape index (κ2) is 7.28. The van der Waals surface area contributed by atoms with Gasteiger partial charge in [-0.15, -0.1) is 11.8 Å². The van der Waals surface area contributed by atoms with Gasteiger partial charge in [0.25, 0.3) is 0 Å². The second-order valence-electron chi connectivity index (χ2n) is 3.61. The fourth-order valence-corrected chi connectivity index (χ4v) is 2.09. The van der Waals surface area contributed by atoms with E-state index in [0.717, 1.165) is 4.90 Å². The van der Waals surface area contributed by atoms with Gasteiger partial charge in [-0.3, -0.25) is 4.79 Å². The number of carbonyl (C=O) groups excluding carboxylic acids is 1. The minimum Gasteiger partial charge on any atom is -0.480 e. The molecule has 1 aromatic rings. The standard InChI is InChI=1S/C12H14ClNO3S/c1-2-10(12(16)17)14-11(15)7-18-9-5-3-8(13)4-6-9/h3-6,10H,2,7H2,1H3,(H,14,15)(H,16,17)/t10-/m0/s1. The van der Waals surface area contributed by atoms with Crippen LogP contribution in [0.2, 0.25) is 5.02 Å². The Labute approximate surface area is 115 Å². The summed E-state index contributed by atoms with van der Waals surface area (Å²) in [5.41, 5.74) is 0. The number of hydrogen-bond donors (Lipinski definition) is 2. The lowest BCUT2D eigenvalue weighted by molar-refractivity contribution is -0.141. The van der Waals surface area contributed by atoms with E-state index in [1.165, 1.54) is 11.8 Å². The monoisotopic (exact) mass is 287 g/mol. The van der Waals surface area contributed by atoms with Crippen LogP contribution in [0.4, 0.5) is 0 Å². The van der Waals surface area contributed by atoms with E-state index in [1.54, 1.807) is 19.1 Å². The number of amides is 1. The van der Waals surface area contributed by atoms with Gasteiger partial charge in [-0.1, -0.05) is 18.5 Å². The molecule has 98 valence electrons. The lowest BCUT2D eigenvalue weighted by atomic mass is 10.2. The van der Waals surface area contributed by atoms with Crippen LogP contribution in [0.15, 0.2) is 29.2 Å². The zero-order valence-electron chi connectivity index (χ0n) is 9.85. The molecule has 0 saturated carbocycles. The van der Waals surface area contributed by atoms with Gasteiger partial charge >= 0.3 is 5.97 Å². The molecule has 0 aliphatic carbocycles. The zero-order chi connectivity index (χ0) is 13.5. The first-order valence-corrected chi connectivity index (χ1v) is 6.79. The average molecular weight is 288 g/mol. The summed E-state index contributed by atoms with van der Waals surface area (Å²) in [5.74, 6) is -1.11. The van der Waals surface area contributed by atoms with Gasteiger partial charge in [-0.05, 0) is 30.7 Å². The van der Waals surface area contributed by atoms with Crippen LogP contribution >= 0.6 is 23.4 Å². The summed E-state index contributed by atoms with van der Waals surface area (Å²) < 4.78 is 0. The highest BCUT2D eigenvalue weighted by Gasteiger charge is 2.17. The molecule has 0 saturated heterocycles. The topological polar surface area (TPSA) is 66.4 Å². The molecule has 0 aromatic heterocycles. The smallest absolute Gasteiger partial charge is 0.326 e. The molecule has 0 radical (unpaired) electrons. The summed E-state index contributed by atoms with van der Waals surface area (Å²) in [4.78, 5) is 23.2. The van der Waals surface area contributed by atoms with Crippen molar-refractivity contribution in [1.82, 2.24) is 5.32 Å². The fourth-order valence-electron chi connectivity index (χ4n) is 1.25. The third-order valence-corrected chi connectivity index (χ3v) is 3.49. The number of rotatable bonds is 6. The number of hydrogen-bond acceptors (Lipinski definition) is 3. The largest absolute Gasteiger partial charge is 0.480 e. The van der Waals surface area contributed by atoms with Crippen molar-refractivity contribution in [2.24, 2.45) is 0 Å². The number of thioether (sulfide) groups is 1. The average Bonchev–Trinajstić information content (AvgIpc) is 2.35. The van der Waals surface area contributed by atoms with E-state index in [9.17, 15) is 9.59 Å². The number of nitrogens with one attached hydrogen (secondary N) is 1. The molecule has 4 nitrogen and oxygen atoms in total. The van der Waals surface area contributed by atoms with Crippen molar-refractivity contribution in [2.75, 3.05) is 5.75 Å². The molecule has 6 heteroatoms. The summed E-state index contributed by atoms with van der Waals surface area (Å²) in [7, 11) is 0. The van der Waals surface area contributed by atoms with E-state index in [2.05, 4.69) is 5.32 Å². The quantitative estimate of drug-likeness (QED) is 0.789. The molecule has 1 atom stereocenters. The van der Waals surface area contributed by atoms with Crippen molar-refractivity contribution in [2.45, 2.75) is 24.3 Å². The van der Waals surface area contributed by atoms with Crippen LogP contribution in [0, 0.1) is 0 Å². The number of carboxylic acid groups (broad SMARTS) is 1. The van der Waals surface area contributed by atoms with Crippen molar-refractivity contribution in [3.05, 3.63) is 29.3 Å². The van der Waals surface area contributed by atoms with Crippen LogP contribution in [-0.4, -0.2) is 28.8 Å². The Hall–Kier alpha value is -1.20. The highest BCUT2D eigenvalue weighted by Crippen LogP contribution is 2.19. The van der Waals surface area contributed by atoms with E-state index >= 15 is 0 Å². The number of aliphatic carboxylic acids is 1. The summed E-state index contributed by atoms with van der Waals surface area (Å²) in [6.07, 6.45) is 0.368. The van der Waals surface area contributed by atoms with Crippen molar-refractivity contribution >= 4 is 35.2 Å². The molecule has 0 aliphatic rings. The van der Waals surface area contributed by atoms with Crippen LogP contribution < -0.4 is 5.32 Å². The Balaban J connectivity index is 2.41. The van der Waals surface area contributed by atoms with Crippen molar-refractivity contribution < 1.29 is 14.7 Å². The maximum Gasteiger partial charge on any atom is 0.326 e. The Kier molecular flexibility index (Phi) is 6.01. The van der Waals surface area contributed by atoms with E-state index < -0.39 is 12.0 Å². The SMILES string of the molecule is CC[C@H](NC(=O)CSc1ccc(Cl)cc1)C(=O)O. The number of carboxylic acids is 1. The maximum absolute atomic E-state index is 11.5. The third-order valence-electron chi connectivity index (χ3n) is 2.23. The second-order valence-corrected chi connectivity index (χ2v) is 5.09. The minimum atomic E-state index is -1.01. The predicted octanol–water partition coefficient (Wildman–Crippen LogP) is 2.41. The zero-order valence-corrected chi connectivity index (χ0v) is 11.4. The Morgan fingerprint density at radius 1 is 1.39 bits per heavy atom. The molecule has 1 aromatic carbocycles. The summed E-state index contributed by atoms with van der Waals surface area (Å²) in [5, 5.41) is 11.9. The molecule has 18 heavy (non-hydrogen) atoms. The van der Waals surface area contributed by atoms with Gasteiger partial charge in [0.05, 0.1) is 5.75 Å². The van der Waals surface area contributed by atoms with Crippen molar-refractivity contribution in [3.63, 3.8) is 0 Å². The third kappa shape index (κ3) is 4.98. The number of benzene rings is 1.